The highest BCUT2D eigenvalue weighted by molar-refractivity contribution is 6.05. The average Bonchev–Trinajstić information content (AvgIpc) is 3.19. The maximum Gasteiger partial charge on any atom is 0.255 e. The minimum Gasteiger partial charge on any atom is -0.359 e. The second-order valence-electron chi connectivity index (χ2n) is 5.73. The van der Waals surface area contributed by atoms with Crippen LogP contribution in [0.15, 0.2) is 24.5 Å². The van der Waals surface area contributed by atoms with Crippen LogP contribution in [0.3, 0.4) is 0 Å². The molecule has 0 bridgehead atoms. The highest BCUT2D eigenvalue weighted by Crippen LogP contribution is 2.24. The van der Waals surface area contributed by atoms with Gasteiger partial charge in [0.25, 0.3) is 5.91 Å². The molecular weight excluding hydrogens is 292 g/mol. The predicted octanol–water partition coefficient (Wildman–Crippen LogP) is 1.98. The second-order valence-corrected chi connectivity index (χ2v) is 5.73. The van der Waals surface area contributed by atoms with E-state index in [9.17, 15) is 4.79 Å². The molecule has 0 aromatic carbocycles. The van der Waals surface area contributed by atoms with Crippen LogP contribution in [0.5, 0.6) is 0 Å². The summed E-state index contributed by atoms with van der Waals surface area (Å²) in [4.78, 5) is 24.6. The van der Waals surface area contributed by atoms with Crippen LogP contribution < -0.4 is 5.32 Å². The summed E-state index contributed by atoms with van der Waals surface area (Å²) < 4.78 is 1.92. The van der Waals surface area contributed by atoms with E-state index in [1.54, 1.807) is 12.4 Å². The summed E-state index contributed by atoms with van der Waals surface area (Å²) in [5, 5.41) is 7.56. The van der Waals surface area contributed by atoms with Gasteiger partial charge in [0, 0.05) is 25.4 Å². The quantitative estimate of drug-likeness (QED) is 0.774. The van der Waals surface area contributed by atoms with E-state index >= 15 is 0 Å². The molecule has 4 heterocycles. The predicted molar refractivity (Wildman–Crippen MR) is 84.9 cm³/mol. The lowest BCUT2D eigenvalue weighted by molar-refractivity contribution is 0.0929. The molecule has 3 aromatic heterocycles. The van der Waals surface area contributed by atoms with Gasteiger partial charge in [-0.1, -0.05) is 6.92 Å². The number of aryl methyl sites for hydroxylation is 2. The lowest BCUT2D eigenvalue weighted by atomic mass is 10.1. The molecular formula is C16H18N6O. The largest absolute Gasteiger partial charge is 0.359 e. The first kappa shape index (κ1) is 13.9. The Balaban J connectivity index is 1.61. The third-order valence-corrected chi connectivity index (χ3v) is 4.22. The minimum atomic E-state index is -0.130. The summed E-state index contributed by atoms with van der Waals surface area (Å²) in [6.45, 7) is 2.90. The number of carbonyl (C=O) groups excluding carboxylic acids is 1. The number of nitrogens with one attached hydrogen (secondary N) is 2. The first-order chi connectivity index (χ1) is 11.3. The first-order valence-electron chi connectivity index (χ1n) is 7.93. The molecule has 0 fully saturated rings. The first-order valence-corrected chi connectivity index (χ1v) is 7.93. The van der Waals surface area contributed by atoms with Crippen molar-refractivity contribution in [1.29, 1.82) is 0 Å². The number of hydrogen-bond acceptors (Lipinski definition) is 4. The number of fused-ring (bicyclic) bond motifs is 2. The van der Waals surface area contributed by atoms with Crippen LogP contribution in [0, 0.1) is 0 Å². The van der Waals surface area contributed by atoms with Crippen molar-refractivity contribution in [1.82, 2.24) is 30.0 Å². The summed E-state index contributed by atoms with van der Waals surface area (Å²) in [7, 11) is 0. The summed E-state index contributed by atoms with van der Waals surface area (Å²) in [6, 6.07) is 3.65. The lowest BCUT2D eigenvalue weighted by Crippen LogP contribution is -2.33. The van der Waals surface area contributed by atoms with Gasteiger partial charge in [0.1, 0.15) is 11.3 Å². The summed E-state index contributed by atoms with van der Waals surface area (Å²) >= 11 is 0. The molecule has 7 heteroatoms. The molecule has 7 nitrogen and oxygen atoms in total. The van der Waals surface area contributed by atoms with E-state index in [-0.39, 0.29) is 11.9 Å². The Kier molecular flexibility index (Phi) is 3.33. The van der Waals surface area contributed by atoms with Gasteiger partial charge in [0.2, 0.25) is 0 Å². The highest BCUT2D eigenvalue weighted by atomic mass is 16.1. The maximum absolute atomic E-state index is 12.6. The summed E-state index contributed by atoms with van der Waals surface area (Å²) in [6.07, 6.45) is 6.06. The molecule has 0 spiro atoms. The molecule has 1 unspecified atom stereocenters. The Morgan fingerprint density at radius 3 is 3.30 bits per heavy atom. The monoisotopic (exact) mass is 310 g/mol. The molecule has 3 aromatic rings. The molecule has 0 aliphatic carbocycles. The van der Waals surface area contributed by atoms with Gasteiger partial charge in [-0.15, -0.1) is 0 Å². The van der Waals surface area contributed by atoms with Crippen molar-refractivity contribution in [3.63, 3.8) is 0 Å². The van der Waals surface area contributed by atoms with Crippen molar-refractivity contribution in [3.8, 4) is 0 Å². The molecule has 1 aliphatic rings. The normalized spacial score (nSPS) is 17.2. The molecule has 1 atom stereocenters. The fourth-order valence-electron chi connectivity index (χ4n) is 3.05. The molecule has 23 heavy (non-hydrogen) atoms. The van der Waals surface area contributed by atoms with Crippen molar-refractivity contribution in [2.45, 2.75) is 38.8 Å². The Morgan fingerprint density at radius 1 is 1.52 bits per heavy atom. The summed E-state index contributed by atoms with van der Waals surface area (Å²) in [5.41, 5.74) is 2.11. The third kappa shape index (κ3) is 2.38. The van der Waals surface area contributed by atoms with E-state index in [4.69, 9.17) is 0 Å². The van der Waals surface area contributed by atoms with Gasteiger partial charge in [0.05, 0.1) is 17.1 Å². The van der Waals surface area contributed by atoms with Crippen molar-refractivity contribution in [3.05, 3.63) is 41.7 Å². The molecule has 2 N–H and O–H groups in total. The van der Waals surface area contributed by atoms with Crippen LogP contribution in [0.4, 0.5) is 0 Å². The number of nitrogens with zero attached hydrogens (tertiary/aromatic N) is 4. The van der Waals surface area contributed by atoms with E-state index in [0.717, 1.165) is 43.0 Å². The molecule has 1 aliphatic heterocycles. The minimum absolute atomic E-state index is 0.0993. The van der Waals surface area contributed by atoms with Crippen molar-refractivity contribution >= 4 is 16.9 Å². The van der Waals surface area contributed by atoms with Gasteiger partial charge in [0.15, 0.2) is 5.82 Å². The third-order valence-electron chi connectivity index (χ3n) is 4.22. The van der Waals surface area contributed by atoms with Crippen molar-refractivity contribution in [2.75, 3.05) is 0 Å². The Hall–Kier alpha value is -2.70. The standard InChI is InChI=1S/C16H18N6O/c1-2-13-20-15-12(6-4-8-22(15)21-13)19-16(23)10-9-18-11-5-3-7-17-14(10)11/h3,5,7,9,12,18H,2,4,6,8H2,1H3,(H,19,23). The van der Waals surface area contributed by atoms with E-state index in [1.165, 1.54) is 0 Å². The van der Waals surface area contributed by atoms with Crippen LogP contribution in [-0.2, 0) is 13.0 Å². The molecule has 0 saturated heterocycles. The number of carbonyl (C=O) groups is 1. The molecule has 1 amide bonds. The summed E-state index contributed by atoms with van der Waals surface area (Å²) in [5.74, 6) is 1.55. The van der Waals surface area contributed by atoms with E-state index in [0.29, 0.717) is 11.1 Å². The molecule has 0 saturated carbocycles. The fraction of sp³-hybridized carbons (Fsp3) is 0.375. The molecule has 118 valence electrons. The Morgan fingerprint density at radius 2 is 2.43 bits per heavy atom. The van der Waals surface area contributed by atoms with Crippen LogP contribution in [-0.4, -0.2) is 30.6 Å². The number of hydrogen-bond donors (Lipinski definition) is 2. The van der Waals surface area contributed by atoms with Gasteiger partial charge in [-0.05, 0) is 25.0 Å². The van der Waals surface area contributed by atoms with Crippen LogP contribution in [0.2, 0.25) is 0 Å². The van der Waals surface area contributed by atoms with Gasteiger partial charge in [-0.3, -0.25) is 9.78 Å². The SMILES string of the molecule is CCc1nc2n(n1)CCCC2NC(=O)c1c[nH]c2cccnc12. The maximum atomic E-state index is 12.6. The smallest absolute Gasteiger partial charge is 0.255 e. The van der Waals surface area contributed by atoms with Crippen molar-refractivity contribution < 1.29 is 4.79 Å². The number of H-pyrrole nitrogens is 1. The Bertz CT molecular complexity index is 864. The zero-order valence-electron chi connectivity index (χ0n) is 12.9. The zero-order chi connectivity index (χ0) is 15.8. The van der Waals surface area contributed by atoms with Crippen molar-refractivity contribution in [2.24, 2.45) is 0 Å². The van der Waals surface area contributed by atoms with Gasteiger partial charge >= 0.3 is 0 Å². The van der Waals surface area contributed by atoms with Gasteiger partial charge < -0.3 is 10.3 Å². The van der Waals surface area contributed by atoms with E-state index in [2.05, 4.69) is 25.4 Å². The van der Waals surface area contributed by atoms with E-state index in [1.807, 2.05) is 23.7 Å². The second kappa shape index (κ2) is 5.49. The number of aromatic nitrogens is 5. The van der Waals surface area contributed by atoms with E-state index < -0.39 is 0 Å². The topological polar surface area (TPSA) is 88.5 Å². The lowest BCUT2D eigenvalue weighted by Gasteiger charge is -2.22. The number of aromatic amines is 1. The fourth-order valence-corrected chi connectivity index (χ4v) is 3.05. The van der Waals surface area contributed by atoms with Gasteiger partial charge in [-0.25, -0.2) is 9.67 Å². The van der Waals surface area contributed by atoms with Crippen LogP contribution >= 0.6 is 0 Å². The van der Waals surface area contributed by atoms with Crippen LogP contribution in [0.25, 0.3) is 11.0 Å². The highest BCUT2D eigenvalue weighted by Gasteiger charge is 2.26. The number of pyridine rings is 1. The van der Waals surface area contributed by atoms with Gasteiger partial charge in [-0.2, -0.15) is 5.10 Å². The number of rotatable bonds is 3. The average molecular weight is 310 g/mol. The number of amides is 1. The Labute approximate surface area is 133 Å². The molecule has 4 rings (SSSR count). The van der Waals surface area contributed by atoms with Crippen LogP contribution in [0.1, 0.15) is 47.8 Å². The zero-order valence-corrected chi connectivity index (χ0v) is 12.9. The molecule has 0 radical (unpaired) electrons.